The van der Waals surface area contributed by atoms with Crippen molar-refractivity contribution >= 4 is 33.8 Å². The SMILES string of the molecule is CCOC(=O)CS(=O)(=O)N(C/C=C/c1cccc(C#N)c1)c1ccc(OC2CCN(C(=O)OC(C)(C)C)CC2)cc1. The van der Waals surface area contributed by atoms with Crippen molar-refractivity contribution in [2.75, 3.05) is 36.3 Å². The van der Waals surface area contributed by atoms with Crippen molar-refractivity contribution in [3.05, 3.63) is 65.7 Å². The minimum Gasteiger partial charge on any atom is -0.490 e. The van der Waals surface area contributed by atoms with Crippen LogP contribution in [0.3, 0.4) is 0 Å². The van der Waals surface area contributed by atoms with Crippen LogP contribution in [0.15, 0.2) is 54.6 Å². The number of esters is 1. The Morgan fingerprint density at radius 1 is 1.12 bits per heavy atom. The van der Waals surface area contributed by atoms with Gasteiger partial charge >= 0.3 is 12.1 Å². The van der Waals surface area contributed by atoms with Gasteiger partial charge in [0.25, 0.3) is 0 Å². The van der Waals surface area contributed by atoms with Gasteiger partial charge in [-0.3, -0.25) is 9.10 Å². The topological polar surface area (TPSA) is 126 Å². The van der Waals surface area contributed by atoms with Crippen molar-refractivity contribution in [2.24, 2.45) is 0 Å². The van der Waals surface area contributed by atoms with E-state index < -0.39 is 27.3 Å². The van der Waals surface area contributed by atoms with Crippen molar-refractivity contribution in [1.29, 1.82) is 5.26 Å². The molecule has 1 aliphatic rings. The van der Waals surface area contributed by atoms with E-state index in [1.54, 1.807) is 72.5 Å². The molecule has 2 aromatic rings. The van der Waals surface area contributed by atoms with Crippen LogP contribution in [0.25, 0.3) is 6.08 Å². The summed E-state index contributed by atoms with van der Waals surface area (Å²) >= 11 is 0. The second-order valence-electron chi connectivity index (χ2n) is 10.5. The molecule has 41 heavy (non-hydrogen) atoms. The summed E-state index contributed by atoms with van der Waals surface area (Å²) in [6, 6.07) is 15.6. The van der Waals surface area contributed by atoms with Gasteiger partial charge in [-0.25, -0.2) is 13.2 Å². The summed E-state index contributed by atoms with van der Waals surface area (Å²) in [4.78, 5) is 26.0. The monoisotopic (exact) mass is 583 g/mol. The van der Waals surface area contributed by atoms with Gasteiger partial charge in [0, 0.05) is 25.9 Å². The van der Waals surface area contributed by atoms with E-state index >= 15 is 0 Å². The van der Waals surface area contributed by atoms with Crippen molar-refractivity contribution in [3.63, 3.8) is 0 Å². The van der Waals surface area contributed by atoms with E-state index in [4.69, 9.17) is 19.5 Å². The third-order valence-corrected chi connectivity index (χ3v) is 7.69. The number of likely N-dealkylation sites (tertiary alicyclic amines) is 1. The highest BCUT2D eigenvalue weighted by molar-refractivity contribution is 7.93. The number of hydrogen-bond donors (Lipinski definition) is 0. The zero-order valence-electron chi connectivity index (χ0n) is 23.9. The molecule has 2 aromatic carbocycles. The van der Waals surface area contributed by atoms with E-state index in [2.05, 4.69) is 6.07 Å². The molecule has 0 aliphatic carbocycles. The molecule has 0 aromatic heterocycles. The number of nitrogens with zero attached hydrogens (tertiary/aromatic N) is 3. The molecular formula is C30H37N3O7S. The molecule has 1 aliphatic heterocycles. The molecule has 0 spiro atoms. The summed E-state index contributed by atoms with van der Waals surface area (Å²) in [5.74, 6) is -1.07. The molecule has 10 nitrogen and oxygen atoms in total. The zero-order valence-corrected chi connectivity index (χ0v) is 24.7. The number of benzene rings is 2. The fraction of sp³-hybridized carbons (Fsp3) is 0.433. The molecule has 1 saturated heterocycles. The predicted molar refractivity (Wildman–Crippen MR) is 156 cm³/mol. The first kappa shape index (κ1) is 31.5. The lowest BCUT2D eigenvalue weighted by Crippen LogP contribution is -2.44. The van der Waals surface area contributed by atoms with Gasteiger partial charge < -0.3 is 19.1 Å². The van der Waals surface area contributed by atoms with E-state index in [0.29, 0.717) is 42.9 Å². The molecule has 0 bridgehead atoms. The fourth-order valence-corrected chi connectivity index (χ4v) is 5.46. The Kier molecular flexibility index (Phi) is 10.8. The summed E-state index contributed by atoms with van der Waals surface area (Å²) in [5.41, 5.74) is 1.04. The molecule has 1 fully saturated rings. The van der Waals surface area contributed by atoms with Crippen LogP contribution in [0.4, 0.5) is 10.5 Å². The maximum absolute atomic E-state index is 13.2. The van der Waals surface area contributed by atoms with E-state index in [1.165, 1.54) is 0 Å². The van der Waals surface area contributed by atoms with Crippen molar-refractivity contribution in [1.82, 2.24) is 4.90 Å². The first-order valence-electron chi connectivity index (χ1n) is 13.5. The van der Waals surface area contributed by atoms with E-state index in [9.17, 15) is 18.0 Å². The Hall–Kier alpha value is -4.04. The van der Waals surface area contributed by atoms with Crippen LogP contribution in [-0.2, 0) is 24.3 Å². The summed E-state index contributed by atoms with van der Waals surface area (Å²) in [6.07, 6.45) is 4.21. The molecule has 0 unspecified atom stereocenters. The molecule has 3 rings (SSSR count). The Labute approximate surface area is 242 Å². The van der Waals surface area contributed by atoms with E-state index in [-0.39, 0.29) is 25.3 Å². The van der Waals surface area contributed by atoms with Crippen LogP contribution in [0.5, 0.6) is 5.75 Å². The maximum Gasteiger partial charge on any atom is 0.410 e. The van der Waals surface area contributed by atoms with E-state index in [0.717, 1.165) is 9.87 Å². The Morgan fingerprint density at radius 2 is 1.80 bits per heavy atom. The average molecular weight is 584 g/mol. The summed E-state index contributed by atoms with van der Waals surface area (Å²) < 4.78 is 44.0. The number of hydrogen-bond acceptors (Lipinski definition) is 8. The quantitative estimate of drug-likeness (QED) is 0.367. The van der Waals surface area contributed by atoms with Crippen LogP contribution in [0.2, 0.25) is 0 Å². The predicted octanol–water partition coefficient (Wildman–Crippen LogP) is 4.75. The molecule has 0 atom stereocenters. The summed E-state index contributed by atoms with van der Waals surface area (Å²) in [6.45, 7) is 8.17. The van der Waals surface area contributed by atoms with Crippen LogP contribution in [-0.4, -0.2) is 69.1 Å². The van der Waals surface area contributed by atoms with Crippen LogP contribution < -0.4 is 9.04 Å². The van der Waals surface area contributed by atoms with Crippen LogP contribution in [0, 0.1) is 11.3 Å². The molecule has 1 amide bonds. The molecule has 1 heterocycles. The van der Waals surface area contributed by atoms with Gasteiger partial charge in [0.15, 0.2) is 5.75 Å². The first-order valence-corrected chi connectivity index (χ1v) is 15.1. The number of ether oxygens (including phenoxy) is 3. The zero-order chi connectivity index (χ0) is 30.0. The first-order chi connectivity index (χ1) is 19.4. The highest BCUT2D eigenvalue weighted by Crippen LogP contribution is 2.26. The van der Waals surface area contributed by atoms with Gasteiger partial charge in [0.05, 0.1) is 30.5 Å². The normalized spacial score (nSPS) is 14.4. The van der Waals surface area contributed by atoms with Crippen molar-refractivity contribution in [2.45, 2.75) is 52.2 Å². The smallest absolute Gasteiger partial charge is 0.410 e. The minimum absolute atomic E-state index is 0.0398. The van der Waals surface area contributed by atoms with Gasteiger partial charge in [0.2, 0.25) is 10.0 Å². The molecule has 0 radical (unpaired) electrons. The summed E-state index contributed by atoms with van der Waals surface area (Å²) in [7, 11) is -4.07. The number of nitriles is 1. The average Bonchev–Trinajstić information content (AvgIpc) is 2.91. The van der Waals surface area contributed by atoms with Gasteiger partial charge in [-0.05, 0) is 69.7 Å². The minimum atomic E-state index is -4.07. The third kappa shape index (κ3) is 9.83. The lowest BCUT2D eigenvalue weighted by atomic mass is 10.1. The lowest BCUT2D eigenvalue weighted by molar-refractivity contribution is -0.139. The number of anilines is 1. The Balaban J connectivity index is 1.70. The number of amides is 1. The molecule has 0 saturated carbocycles. The number of piperidine rings is 1. The van der Waals surface area contributed by atoms with Gasteiger partial charge in [0.1, 0.15) is 17.5 Å². The number of rotatable bonds is 10. The highest BCUT2D eigenvalue weighted by Gasteiger charge is 2.28. The number of sulfonamides is 1. The Morgan fingerprint density at radius 3 is 2.41 bits per heavy atom. The molecule has 0 N–H and O–H groups in total. The van der Waals surface area contributed by atoms with Crippen molar-refractivity contribution in [3.8, 4) is 11.8 Å². The second-order valence-corrected chi connectivity index (χ2v) is 12.4. The van der Waals surface area contributed by atoms with Gasteiger partial charge in [-0.1, -0.05) is 24.3 Å². The second kappa shape index (κ2) is 14.0. The fourth-order valence-electron chi connectivity index (χ4n) is 4.17. The van der Waals surface area contributed by atoms with Gasteiger partial charge in [-0.15, -0.1) is 0 Å². The van der Waals surface area contributed by atoms with Crippen LogP contribution >= 0.6 is 0 Å². The number of carbonyl (C=O) groups excluding carboxylic acids is 2. The van der Waals surface area contributed by atoms with E-state index in [1.807, 2.05) is 20.8 Å². The standard InChI is InChI=1S/C30H37N3O7S/c1-5-38-28(34)22-41(36,37)33(17-7-10-23-8-6-9-24(20-23)21-31)25-11-13-26(14-12-25)39-27-15-18-32(19-16-27)29(35)40-30(2,3)4/h6-14,20,27H,5,15-19,22H2,1-4H3/b10-7+. The molecular weight excluding hydrogens is 546 g/mol. The van der Waals surface area contributed by atoms with Crippen molar-refractivity contribution < 1.29 is 32.2 Å². The van der Waals surface area contributed by atoms with Crippen LogP contribution in [0.1, 0.15) is 51.7 Å². The Bertz CT molecular complexity index is 1370. The third-order valence-electron chi connectivity index (χ3n) is 6.06. The molecule has 220 valence electrons. The maximum atomic E-state index is 13.2. The van der Waals surface area contributed by atoms with Gasteiger partial charge in [-0.2, -0.15) is 5.26 Å². The highest BCUT2D eigenvalue weighted by atomic mass is 32.2. The lowest BCUT2D eigenvalue weighted by Gasteiger charge is -2.33. The summed E-state index contributed by atoms with van der Waals surface area (Å²) in [5, 5.41) is 9.12. The molecule has 11 heteroatoms. The largest absolute Gasteiger partial charge is 0.490 e. The number of carbonyl (C=O) groups is 2.